The zero-order valence-corrected chi connectivity index (χ0v) is 11.5. The van der Waals surface area contributed by atoms with Gasteiger partial charge in [0.1, 0.15) is 5.56 Å². The topological polar surface area (TPSA) is 110 Å². The molecule has 21 heavy (non-hydrogen) atoms. The Hall–Kier alpha value is -2.28. The van der Waals surface area contributed by atoms with Gasteiger partial charge in [-0.15, -0.1) is 0 Å². The molecule has 7 heteroatoms. The van der Waals surface area contributed by atoms with Gasteiger partial charge >= 0.3 is 12.0 Å². The van der Waals surface area contributed by atoms with E-state index in [1.165, 1.54) is 23.1 Å². The van der Waals surface area contributed by atoms with E-state index in [-0.39, 0.29) is 23.9 Å². The molecule has 0 bridgehead atoms. The summed E-state index contributed by atoms with van der Waals surface area (Å²) in [6.07, 6.45) is 2.53. The van der Waals surface area contributed by atoms with E-state index in [1.54, 1.807) is 0 Å². The van der Waals surface area contributed by atoms with Crippen molar-refractivity contribution >= 4 is 17.7 Å². The summed E-state index contributed by atoms with van der Waals surface area (Å²) in [5.74, 6) is -1.74. The summed E-state index contributed by atoms with van der Waals surface area (Å²) >= 11 is 0. The molecule has 1 saturated heterocycles. The molecule has 7 nitrogen and oxygen atoms in total. The largest absolute Gasteiger partial charge is 0.505 e. The summed E-state index contributed by atoms with van der Waals surface area (Å²) in [6.45, 7) is 0.408. The molecule has 0 aliphatic carbocycles. The van der Waals surface area contributed by atoms with E-state index in [1.807, 2.05) is 0 Å². The Morgan fingerprint density at radius 2 is 2.10 bits per heavy atom. The lowest BCUT2D eigenvalue weighted by Gasteiger charge is -2.34. The van der Waals surface area contributed by atoms with Gasteiger partial charge in [0, 0.05) is 6.54 Å². The number of carbonyl (C=O) groups is 2. The fraction of sp³-hybridized carbons (Fsp3) is 0.429. The number of phenols is 1. The number of urea groups is 1. The quantitative estimate of drug-likeness (QED) is 0.631. The Balaban J connectivity index is 2.16. The molecule has 1 heterocycles. The molecule has 0 saturated carbocycles. The van der Waals surface area contributed by atoms with Gasteiger partial charge in [0.15, 0.2) is 5.75 Å². The standard InChI is InChI=1S/C14H18N2O5/c17-8-9-4-1-2-7-16(9)14(21)15-11-6-3-5-10(12(11)18)13(19)20/h3,5-6,9,17-18H,1-2,4,7-8H2,(H,15,21)(H,19,20). The smallest absolute Gasteiger partial charge is 0.339 e. The second kappa shape index (κ2) is 6.45. The summed E-state index contributed by atoms with van der Waals surface area (Å²) in [4.78, 5) is 24.7. The number of aromatic hydroxyl groups is 1. The Kier molecular flexibility index (Phi) is 4.64. The summed E-state index contributed by atoms with van der Waals surface area (Å²) in [6, 6.07) is 3.43. The first-order valence-corrected chi connectivity index (χ1v) is 6.78. The van der Waals surface area contributed by atoms with Crippen molar-refractivity contribution in [3.8, 4) is 5.75 Å². The minimum absolute atomic E-state index is 0.0437. The first-order valence-electron chi connectivity index (χ1n) is 6.78. The molecule has 0 aromatic heterocycles. The van der Waals surface area contributed by atoms with Crippen LogP contribution in [-0.4, -0.2) is 51.4 Å². The van der Waals surface area contributed by atoms with Crippen molar-refractivity contribution in [2.75, 3.05) is 18.5 Å². The zero-order valence-electron chi connectivity index (χ0n) is 11.5. The molecule has 0 spiro atoms. The number of piperidine rings is 1. The highest BCUT2D eigenvalue weighted by molar-refractivity contribution is 5.97. The zero-order chi connectivity index (χ0) is 15.4. The van der Waals surface area contributed by atoms with Crippen LogP contribution in [0.1, 0.15) is 29.6 Å². The van der Waals surface area contributed by atoms with E-state index in [9.17, 15) is 19.8 Å². The number of hydrogen-bond acceptors (Lipinski definition) is 4. The van der Waals surface area contributed by atoms with Crippen LogP contribution < -0.4 is 5.32 Å². The fourth-order valence-electron chi connectivity index (χ4n) is 2.46. The molecule has 1 atom stereocenters. The average Bonchev–Trinajstić information content (AvgIpc) is 2.48. The van der Waals surface area contributed by atoms with E-state index in [0.29, 0.717) is 6.54 Å². The molecule has 1 aliphatic rings. The van der Waals surface area contributed by atoms with Gasteiger partial charge in [-0.2, -0.15) is 0 Å². The molecule has 1 fully saturated rings. The normalized spacial score (nSPS) is 18.3. The third-order valence-electron chi connectivity index (χ3n) is 3.61. The van der Waals surface area contributed by atoms with Crippen LogP contribution >= 0.6 is 0 Å². The van der Waals surface area contributed by atoms with Gasteiger partial charge in [-0.05, 0) is 31.4 Å². The van der Waals surface area contributed by atoms with Crippen LogP contribution in [0.4, 0.5) is 10.5 Å². The SMILES string of the molecule is O=C(O)c1cccc(NC(=O)N2CCCCC2CO)c1O. The lowest BCUT2D eigenvalue weighted by molar-refractivity contribution is 0.0693. The number of para-hydroxylation sites is 1. The maximum absolute atomic E-state index is 12.2. The summed E-state index contributed by atoms with van der Waals surface area (Å²) in [5.41, 5.74) is -0.229. The summed E-state index contributed by atoms with van der Waals surface area (Å²) in [7, 11) is 0. The van der Waals surface area contributed by atoms with Crippen LogP contribution in [0.25, 0.3) is 0 Å². The van der Waals surface area contributed by atoms with E-state index < -0.39 is 17.7 Å². The molecule has 4 N–H and O–H groups in total. The van der Waals surface area contributed by atoms with E-state index in [2.05, 4.69) is 5.32 Å². The number of hydrogen-bond donors (Lipinski definition) is 4. The fourth-order valence-corrected chi connectivity index (χ4v) is 2.46. The number of aliphatic hydroxyl groups excluding tert-OH is 1. The van der Waals surface area contributed by atoms with Gasteiger partial charge in [-0.3, -0.25) is 0 Å². The van der Waals surface area contributed by atoms with E-state index in [0.717, 1.165) is 19.3 Å². The molecular formula is C14H18N2O5. The van der Waals surface area contributed by atoms with Crippen LogP contribution in [0.15, 0.2) is 18.2 Å². The highest BCUT2D eigenvalue weighted by Crippen LogP contribution is 2.28. The number of carbonyl (C=O) groups excluding carboxylic acids is 1. The van der Waals surface area contributed by atoms with Crippen LogP contribution in [0.3, 0.4) is 0 Å². The Bertz CT molecular complexity index is 546. The molecule has 2 amide bonds. The maximum Gasteiger partial charge on any atom is 0.339 e. The van der Waals surface area contributed by atoms with Gasteiger partial charge in [0.25, 0.3) is 0 Å². The van der Waals surface area contributed by atoms with Crippen LogP contribution in [0.2, 0.25) is 0 Å². The van der Waals surface area contributed by atoms with Crippen molar-refractivity contribution in [3.05, 3.63) is 23.8 Å². The lowest BCUT2D eigenvalue weighted by atomic mass is 10.0. The van der Waals surface area contributed by atoms with Crippen molar-refractivity contribution in [2.45, 2.75) is 25.3 Å². The van der Waals surface area contributed by atoms with Gasteiger partial charge in [0.05, 0.1) is 18.3 Å². The van der Waals surface area contributed by atoms with Gasteiger partial charge in [0.2, 0.25) is 0 Å². The van der Waals surface area contributed by atoms with Crippen LogP contribution in [0.5, 0.6) is 5.75 Å². The molecule has 2 rings (SSSR count). The molecule has 0 radical (unpaired) electrons. The van der Waals surface area contributed by atoms with Crippen LogP contribution in [0, 0.1) is 0 Å². The van der Waals surface area contributed by atoms with E-state index >= 15 is 0 Å². The van der Waals surface area contributed by atoms with Crippen molar-refractivity contribution in [2.24, 2.45) is 0 Å². The first-order chi connectivity index (χ1) is 10.0. The van der Waals surface area contributed by atoms with Gasteiger partial charge in [-0.25, -0.2) is 9.59 Å². The van der Waals surface area contributed by atoms with Crippen LogP contribution in [-0.2, 0) is 0 Å². The number of anilines is 1. The van der Waals surface area contributed by atoms with Crippen molar-refractivity contribution < 1.29 is 24.9 Å². The number of nitrogens with one attached hydrogen (secondary N) is 1. The molecule has 1 aromatic carbocycles. The number of carboxylic acids is 1. The first kappa shape index (κ1) is 15.1. The number of rotatable bonds is 3. The maximum atomic E-state index is 12.2. The predicted octanol–water partition coefficient (Wildman–Crippen LogP) is 1.47. The monoisotopic (exact) mass is 294 g/mol. The highest BCUT2D eigenvalue weighted by atomic mass is 16.4. The predicted molar refractivity (Wildman–Crippen MR) is 75.5 cm³/mol. The lowest BCUT2D eigenvalue weighted by Crippen LogP contribution is -2.47. The second-order valence-electron chi connectivity index (χ2n) is 4.96. The molecule has 114 valence electrons. The number of likely N-dealkylation sites (tertiary alicyclic amines) is 1. The number of benzene rings is 1. The Morgan fingerprint density at radius 1 is 1.33 bits per heavy atom. The molecule has 1 aliphatic heterocycles. The minimum atomic E-state index is -1.27. The average molecular weight is 294 g/mol. The number of amides is 2. The van der Waals surface area contributed by atoms with E-state index in [4.69, 9.17) is 5.11 Å². The summed E-state index contributed by atoms with van der Waals surface area (Å²) in [5, 5.41) is 30.6. The third-order valence-corrected chi connectivity index (χ3v) is 3.61. The van der Waals surface area contributed by atoms with Gasteiger partial charge in [-0.1, -0.05) is 6.07 Å². The number of aliphatic hydroxyl groups is 1. The molecular weight excluding hydrogens is 276 g/mol. The second-order valence-corrected chi connectivity index (χ2v) is 4.96. The number of aromatic carboxylic acids is 1. The number of carboxylic acid groups (broad SMARTS) is 1. The number of nitrogens with zero attached hydrogens (tertiary/aromatic N) is 1. The Labute approximate surface area is 121 Å². The van der Waals surface area contributed by atoms with Crippen molar-refractivity contribution in [3.63, 3.8) is 0 Å². The van der Waals surface area contributed by atoms with Crippen molar-refractivity contribution in [1.82, 2.24) is 4.90 Å². The van der Waals surface area contributed by atoms with Crippen molar-refractivity contribution in [1.29, 1.82) is 0 Å². The van der Waals surface area contributed by atoms with Gasteiger partial charge < -0.3 is 25.5 Å². The minimum Gasteiger partial charge on any atom is -0.505 e. The third kappa shape index (κ3) is 3.25. The Morgan fingerprint density at radius 3 is 2.76 bits per heavy atom. The highest BCUT2D eigenvalue weighted by Gasteiger charge is 2.27. The molecule has 1 unspecified atom stereocenters. The summed E-state index contributed by atoms with van der Waals surface area (Å²) < 4.78 is 0. The molecule has 1 aromatic rings.